The number of anilines is 1. The summed E-state index contributed by atoms with van der Waals surface area (Å²) in [5, 5.41) is 0.754. The highest BCUT2D eigenvalue weighted by atomic mass is 35.5. The number of nitrogens with zero attached hydrogens (tertiary/aromatic N) is 1. The average Bonchev–Trinajstić information content (AvgIpc) is 3.09. The van der Waals surface area contributed by atoms with Crippen molar-refractivity contribution < 1.29 is 4.79 Å². The number of halogens is 1. The maximum Gasteiger partial charge on any atom is 0.268 e. The van der Waals surface area contributed by atoms with Crippen LogP contribution in [0.25, 0.3) is 10.4 Å². The average molecular weight is 414 g/mol. The normalized spacial score (nSPS) is 12.4. The van der Waals surface area contributed by atoms with Gasteiger partial charge in [0.15, 0.2) is 0 Å². The second-order valence-electron chi connectivity index (χ2n) is 6.71. The molecule has 0 spiro atoms. The molecule has 2 nitrogen and oxygen atoms in total. The summed E-state index contributed by atoms with van der Waals surface area (Å²) >= 11 is 9.51. The topological polar surface area (TPSA) is 20.3 Å². The molecular weight excluding hydrogens is 394 g/mol. The molecule has 1 aliphatic heterocycles. The number of rotatable bonds is 3. The van der Waals surface area contributed by atoms with Crippen LogP contribution in [0.2, 0.25) is 5.02 Å². The van der Waals surface area contributed by atoms with Gasteiger partial charge in [-0.15, -0.1) is 23.1 Å². The number of benzene rings is 2. The highest BCUT2D eigenvalue weighted by Gasteiger charge is 2.25. The standard InChI is InChI=1S/C22H20ClNOS2/c1-4-24(17-7-5-13(2)14(3)9-17)22(25)20-10-15-12-26-19-11-16(23)6-8-18(19)21(15)27-20/h5-11H,4,12H2,1-3H3. The minimum absolute atomic E-state index is 0.0701. The van der Waals surface area contributed by atoms with Crippen molar-refractivity contribution in [3.05, 3.63) is 69.1 Å². The van der Waals surface area contributed by atoms with E-state index in [9.17, 15) is 4.79 Å². The van der Waals surface area contributed by atoms with E-state index in [-0.39, 0.29) is 5.91 Å². The molecule has 3 aromatic rings. The smallest absolute Gasteiger partial charge is 0.268 e. The third-order valence-corrected chi connectivity index (χ3v) is 7.49. The molecule has 0 aliphatic carbocycles. The molecule has 4 rings (SSSR count). The lowest BCUT2D eigenvalue weighted by atomic mass is 10.1. The molecule has 0 saturated carbocycles. The third kappa shape index (κ3) is 3.42. The minimum atomic E-state index is 0.0701. The lowest BCUT2D eigenvalue weighted by Crippen LogP contribution is -2.30. The summed E-state index contributed by atoms with van der Waals surface area (Å²) in [6.07, 6.45) is 0. The van der Waals surface area contributed by atoms with Crippen molar-refractivity contribution >= 4 is 46.3 Å². The van der Waals surface area contributed by atoms with E-state index in [1.807, 2.05) is 30.0 Å². The largest absolute Gasteiger partial charge is 0.308 e. The summed E-state index contributed by atoms with van der Waals surface area (Å²) in [6, 6.07) is 14.3. The van der Waals surface area contributed by atoms with Crippen molar-refractivity contribution in [3.63, 3.8) is 0 Å². The van der Waals surface area contributed by atoms with Crippen LogP contribution in [-0.4, -0.2) is 12.5 Å². The number of fused-ring (bicyclic) bond motifs is 3. The predicted molar refractivity (Wildman–Crippen MR) is 118 cm³/mol. The van der Waals surface area contributed by atoms with Gasteiger partial charge in [0.25, 0.3) is 5.91 Å². The lowest BCUT2D eigenvalue weighted by molar-refractivity contribution is 0.0992. The summed E-state index contributed by atoms with van der Waals surface area (Å²) in [5.41, 5.74) is 5.81. The van der Waals surface area contributed by atoms with Crippen molar-refractivity contribution in [1.29, 1.82) is 0 Å². The van der Waals surface area contributed by atoms with Crippen LogP contribution >= 0.6 is 34.7 Å². The van der Waals surface area contributed by atoms with Gasteiger partial charge < -0.3 is 4.90 Å². The van der Waals surface area contributed by atoms with E-state index in [1.54, 1.807) is 23.1 Å². The first-order chi connectivity index (χ1) is 13.0. The van der Waals surface area contributed by atoms with Gasteiger partial charge in [0.05, 0.1) is 4.88 Å². The molecule has 1 aliphatic rings. The van der Waals surface area contributed by atoms with Crippen LogP contribution in [0.15, 0.2) is 47.4 Å². The SMILES string of the molecule is CCN(C(=O)c1cc2c(s1)-c1ccc(Cl)cc1SC2)c1ccc(C)c(C)c1. The van der Waals surface area contributed by atoms with E-state index >= 15 is 0 Å². The Kier molecular flexibility index (Phi) is 5.06. The molecule has 5 heteroatoms. The first-order valence-corrected chi connectivity index (χ1v) is 11.1. The summed E-state index contributed by atoms with van der Waals surface area (Å²) in [5.74, 6) is 0.947. The van der Waals surface area contributed by atoms with E-state index in [0.29, 0.717) is 6.54 Å². The molecule has 0 fully saturated rings. The highest BCUT2D eigenvalue weighted by molar-refractivity contribution is 7.98. The Balaban J connectivity index is 1.70. The number of amides is 1. The zero-order valence-corrected chi connectivity index (χ0v) is 17.9. The van der Waals surface area contributed by atoms with Crippen molar-refractivity contribution in [1.82, 2.24) is 0 Å². The van der Waals surface area contributed by atoms with Gasteiger partial charge in [-0.1, -0.05) is 23.7 Å². The van der Waals surface area contributed by atoms with Gasteiger partial charge >= 0.3 is 0 Å². The molecule has 0 unspecified atom stereocenters. The fourth-order valence-corrected chi connectivity index (χ4v) is 5.93. The minimum Gasteiger partial charge on any atom is -0.308 e. The number of hydrogen-bond donors (Lipinski definition) is 0. The number of thiophene rings is 1. The van der Waals surface area contributed by atoms with E-state index < -0.39 is 0 Å². The second kappa shape index (κ2) is 7.34. The Bertz CT molecular complexity index is 1040. The van der Waals surface area contributed by atoms with Crippen molar-refractivity contribution in [2.45, 2.75) is 31.4 Å². The fourth-order valence-electron chi connectivity index (χ4n) is 3.30. The number of thioether (sulfide) groups is 1. The van der Waals surface area contributed by atoms with Crippen LogP contribution in [0, 0.1) is 13.8 Å². The number of carbonyl (C=O) groups is 1. The molecule has 27 heavy (non-hydrogen) atoms. The van der Waals surface area contributed by atoms with Gasteiger partial charge in [-0.05, 0) is 67.8 Å². The maximum atomic E-state index is 13.3. The quantitative estimate of drug-likeness (QED) is 0.462. The summed E-state index contributed by atoms with van der Waals surface area (Å²) < 4.78 is 0. The van der Waals surface area contributed by atoms with Crippen LogP contribution < -0.4 is 4.90 Å². The van der Waals surface area contributed by atoms with Gasteiger partial charge in [-0.25, -0.2) is 0 Å². The van der Waals surface area contributed by atoms with E-state index in [4.69, 9.17) is 11.6 Å². The number of aryl methyl sites for hydroxylation is 2. The molecule has 2 aromatic carbocycles. The molecular formula is C22H20ClNOS2. The predicted octanol–water partition coefficient (Wildman–Crippen LogP) is 6.96. The third-order valence-electron chi connectivity index (χ3n) is 4.95. The van der Waals surface area contributed by atoms with Crippen LogP contribution in [-0.2, 0) is 5.75 Å². The van der Waals surface area contributed by atoms with Crippen molar-refractivity contribution in [3.8, 4) is 10.4 Å². The van der Waals surface area contributed by atoms with Gasteiger partial charge in [-0.2, -0.15) is 0 Å². The Hall–Kier alpha value is -1.75. The van der Waals surface area contributed by atoms with Gasteiger partial charge in [-0.3, -0.25) is 4.79 Å². The van der Waals surface area contributed by atoms with E-state index in [2.05, 4.69) is 38.1 Å². The number of carbonyl (C=O) groups excluding carboxylic acids is 1. The molecule has 0 saturated heterocycles. The summed E-state index contributed by atoms with van der Waals surface area (Å²) in [4.78, 5) is 18.3. The molecule has 2 heterocycles. The maximum absolute atomic E-state index is 13.3. The first kappa shape index (κ1) is 18.6. The van der Waals surface area contributed by atoms with E-state index in [1.165, 1.54) is 32.0 Å². The van der Waals surface area contributed by atoms with E-state index in [0.717, 1.165) is 21.3 Å². The first-order valence-electron chi connectivity index (χ1n) is 8.92. The monoisotopic (exact) mass is 413 g/mol. The Labute approximate surface area is 173 Å². The summed E-state index contributed by atoms with van der Waals surface area (Å²) in [7, 11) is 0. The molecule has 1 aromatic heterocycles. The van der Waals surface area contributed by atoms with Crippen molar-refractivity contribution in [2.24, 2.45) is 0 Å². The fraction of sp³-hybridized carbons (Fsp3) is 0.227. The summed E-state index contributed by atoms with van der Waals surface area (Å²) in [6.45, 7) is 6.84. The molecule has 0 atom stereocenters. The Morgan fingerprint density at radius 2 is 1.93 bits per heavy atom. The molecule has 0 radical (unpaired) electrons. The molecule has 0 N–H and O–H groups in total. The number of hydrogen-bond acceptors (Lipinski definition) is 3. The zero-order valence-electron chi connectivity index (χ0n) is 15.5. The van der Waals surface area contributed by atoms with Crippen molar-refractivity contribution in [2.75, 3.05) is 11.4 Å². The van der Waals surface area contributed by atoms with Crippen LogP contribution in [0.4, 0.5) is 5.69 Å². The van der Waals surface area contributed by atoms with Gasteiger partial charge in [0.2, 0.25) is 0 Å². The van der Waals surface area contributed by atoms with Gasteiger partial charge in [0, 0.05) is 38.3 Å². The Morgan fingerprint density at radius 1 is 1.11 bits per heavy atom. The molecule has 1 amide bonds. The molecule has 138 valence electrons. The highest BCUT2D eigenvalue weighted by Crippen LogP contribution is 2.46. The second-order valence-corrected chi connectivity index (χ2v) is 9.22. The zero-order chi connectivity index (χ0) is 19.1. The van der Waals surface area contributed by atoms with Crippen LogP contribution in [0.1, 0.15) is 33.3 Å². The van der Waals surface area contributed by atoms with Crippen LogP contribution in [0.5, 0.6) is 0 Å². The lowest BCUT2D eigenvalue weighted by Gasteiger charge is -2.21. The molecule has 0 bridgehead atoms. The van der Waals surface area contributed by atoms with Crippen LogP contribution in [0.3, 0.4) is 0 Å². The van der Waals surface area contributed by atoms with Gasteiger partial charge in [0.1, 0.15) is 0 Å². The Morgan fingerprint density at radius 3 is 2.67 bits per heavy atom.